The van der Waals surface area contributed by atoms with E-state index in [1.54, 1.807) is 4.90 Å². The van der Waals surface area contributed by atoms with Gasteiger partial charge < -0.3 is 10.6 Å². The van der Waals surface area contributed by atoms with Gasteiger partial charge in [-0.05, 0) is 84.1 Å². The maximum Gasteiger partial charge on any atom is 0.326 e. The average molecular weight is 517 g/mol. The van der Waals surface area contributed by atoms with E-state index in [0.717, 1.165) is 29.5 Å². The van der Waals surface area contributed by atoms with Crippen LogP contribution in [0, 0.1) is 5.82 Å². The molecule has 4 nitrogen and oxygen atoms in total. The van der Waals surface area contributed by atoms with E-state index >= 15 is 0 Å². The van der Waals surface area contributed by atoms with Crippen molar-refractivity contribution in [2.45, 2.75) is 19.8 Å². The Morgan fingerprint density at radius 1 is 1.06 bits per heavy atom. The second-order valence-electron chi connectivity index (χ2n) is 7.78. The van der Waals surface area contributed by atoms with Gasteiger partial charge in [0.1, 0.15) is 5.82 Å². The van der Waals surface area contributed by atoms with Crippen molar-refractivity contribution in [1.29, 1.82) is 0 Å². The Bertz CT molecular complexity index is 1150. The lowest BCUT2D eigenvalue weighted by atomic mass is 10.1. The number of fused-ring (bicyclic) bond motifs is 3. The number of benzene rings is 3. The van der Waals surface area contributed by atoms with Crippen LogP contribution in [0.15, 0.2) is 59.1 Å². The molecule has 0 spiro atoms. The van der Waals surface area contributed by atoms with Crippen LogP contribution in [-0.2, 0) is 6.42 Å². The highest BCUT2D eigenvalue weighted by molar-refractivity contribution is 9.10. The summed E-state index contributed by atoms with van der Waals surface area (Å²) in [6.07, 6.45) is 1.85. The lowest BCUT2D eigenvalue weighted by Gasteiger charge is -2.24. The summed E-state index contributed by atoms with van der Waals surface area (Å²) in [5, 5.41) is 6.16. The molecule has 32 heavy (non-hydrogen) atoms. The quantitative estimate of drug-likeness (QED) is 0.264. The molecule has 4 rings (SSSR count). The lowest BCUT2D eigenvalue weighted by molar-refractivity contribution is 0.257. The van der Waals surface area contributed by atoms with Crippen LogP contribution in [0.4, 0.5) is 20.6 Å². The van der Waals surface area contributed by atoms with Gasteiger partial charge in [0.15, 0.2) is 0 Å². The van der Waals surface area contributed by atoms with Gasteiger partial charge in [0.05, 0.1) is 5.02 Å². The highest BCUT2D eigenvalue weighted by atomic mass is 79.9. The number of carbonyl (C=O) groups is 1. The van der Waals surface area contributed by atoms with Gasteiger partial charge >= 0.3 is 6.03 Å². The monoisotopic (exact) mass is 515 g/mol. The largest absolute Gasteiger partial charge is 0.326 e. The van der Waals surface area contributed by atoms with Crippen molar-refractivity contribution >= 4 is 44.9 Å². The number of urea groups is 1. The van der Waals surface area contributed by atoms with Gasteiger partial charge in [-0.1, -0.05) is 46.6 Å². The van der Waals surface area contributed by atoms with Crippen LogP contribution < -0.4 is 15.5 Å². The third kappa shape index (κ3) is 4.98. The Hall–Kier alpha value is -2.41. The van der Waals surface area contributed by atoms with Crippen LogP contribution in [0.3, 0.4) is 0 Å². The molecule has 0 unspecified atom stereocenters. The molecule has 0 fully saturated rings. The molecule has 1 aliphatic rings. The predicted octanol–water partition coefficient (Wildman–Crippen LogP) is 6.85. The van der Waals surface area contributed by atoms with E-state index in [9.17, 15) is 9.18 Å². The molecule has 0 saturated carbocycles. The maximum absolute atomic E-state index is 13.5. The summed E-state index contributed by atoms with van der Waals surface area (Å²) in [6, 6.07) is 16.3. The summed E-state index contributed by atoms with van der Waals surface area (Å²) in [6.45, 7) is 4.15. The Labute approximate surface area is 200 Å². The molecule has 7 heteroatoms. The number of amides is 2. The molecular weight excluding hydrogens is 493 g/mol. The zero-order valence-electron chi connectivity index (χ0n) is 17.7. The Morgan fingerprint density at radius 2 is 1.81 bits per heavy atom. The number of anilines is 2. The zero-order valence-corrected chi connectivity index (χ0v) is 20.1. The molecule has 0 atom stereocenters. The molecule has 3 aromatic rings. The molecule has 0 saturated heterocycles. The fourth-order valence-corrected chi connectivity index (χ4v) is 4.53. The van der Waals surface area contributed by atoms with Crippen molar-refractivity contribution in [1.82, 2.24) is 5.32 Å². The number of nitrogens with one attached hydrogen (secondary N) is 2. The summed E-state index contributed by atoms with van der Waals surface area (Å²) in [5.74, 6) is -0.518. The second-order valence-corrected chi connectivity index (χ2v) is 9.10. The second kappa shape index (κ2) is 10.0. The van der Waals surface area contributed by atoms with Crippen LogP contribution in [0.5, 0.6) is 0 Å². The van der Waals surface area contributed by atoms with E-state index in [1.807, 2.05) is 6.07 Å². The van der Waals surface area contributed by atoms with Gasteiger partial charge in [-0.25, -0.2) is 9.18 Å². The summed E-state index contributed by atoms with van der Waals surface area (Å²) < 4.78 is 14.6. The van der Waals surface area contributed by atoms with Crippen LogP contribution >= 0.6 is 27.5 Å². The summed E-state index contributed by atoms with van der Waals surface area (Å²) in [4.78, 5) is 14.9. The van der Waals surface area contributed by atoms with Gasteiger partial charge in [-0.15, -0.1) is 0 Å². The van der Waals surface area contributed by atoms with Gasteiger partial charge in [-0.3, -0.25) is 4.90 Å². The first kappa shape index (κ1) is 22.8. The maximum atomic E-state index is 13.5. The Kier molecular flexibility index (Phi) is 7.13. The van der Waals surface area contributed by atoms with E-state index in [0.29, 0.717) is 18.8 Å². The van der Waals surface area contributed by atoms with Crippen LogP contribution in [-0.4, -0.2) is 25.7 Å². The Balaban J connectivity index is 1.59. The minimum absolute atomic E-state index is 0.0274. The van der Waals surface area contributed by atoms with E-state index in [2.05, 4.69) is 63.8 Å². The summed E-state index contributed by atoms with van der Waals surface area (Å²) >= 11 is 9.43. The first-order valence-electron chi connectivity index (χ1n) is 10.6. The standard InChI is InChI=1S/C25H24BrClFN3O/c1-2-9-29-10-11-31(25(32)30-19-4-8-24(28)23(27)15-19)20-5-7-22-17(14-20)12-16-13-18(26)3-6-21(16)22/h3-8,13-15,29H,2,9-12H2,1H3,(H,30,32). The topological polar surface area (TPSA) is 44.4 Å². The molecule has 0 heterocycles. The number of hydrogen-bond donors (Lipinski definition) is 2. The first-order valence-corrected chi connectivity index (χ1v) is 11.8. The fraction of sp³-hybridized carbons (Fsp3) is 0.240. The lowest BCUT2D eigenvalue weighted by Crippen LogP contribution is -2.40. The van der Waals surface area contributed by atoms with Crippen molar-refractivity contribution in [3.63, 3.8) is 0 Å². The molecule has 0 aromatic heterocycles. The average Bonchev–Trinajstić information content (AvgIpc) is 3.12. The van der Waals surface area contributed by atoms with Crippen LogP contribution in [0.2, 0.25) is 5.02 Å². The molecule has 0 bridgehead atoms. The number of hydrogen-bond acceptors (Lipinski definition) is 2. The Morgan fingerprint density at radius 3 is 2.56 bits per heavy atom. The summed E-state index contributed by atoms with van der Waals surface area (Å²) in [7, 11) is 0. The van der Waals surface area contributed by atoms with Gasteiger partial charge in [-0.2, -0.15) is 0 Å². The minimum atomic E-state index is -0.518. The molecular formula is C25H24BrClFN3O. The van der Waals surface area contributed by atoms with Crippen molar-refractivity contribution < 1.29 is 9.18 Å². The minimum Gasteiger partial charge on any atom is -0.315 e. The molecule has 166 valence electrons. The number of nitrogens with zero attached hydrogens (tertiary/aromatic N) is 1. The highest BCUT2D eigenvalue weighted by Gasteiger charge is 2.22. The highest BCUT2D eigenvalue weighted by Crippen LogP contribution is 2.39. The fourth-order valence-electron chi connectivity index (χ4n) is 3.94. The van der Waals surface area contributed by atoms with E-state index < -0.39 is 5.82 Å². The van der Waals surface area contributed by atoms with E-state index in [1.165, 1.54) is 40.5 Å². The summed E-state index contributed by atoms with van der Waals surface area (Å²) in [5.41, 5.74) is 6.17. The first-order chi connectivity index (χ1) is 15.5. The van der Waals surface area contributed by atoms with Crippen LogP contribution in [0.25, 0.3) is 11.1 Å². The van der Waals surface area contributed by atoms with Crippen molar-refractivity contribution in [3.05, 3.63) is 81.0 Å². The van der Waals surface area contributed by atoms with Crippen LogP contribution in [0.1, 0.15) is 24.5 Å². The number of carbonyl (C=O) groups excluding carboxylic acids is 1. The smallest absolute Gasteiger partial charge is 0.315 e. The van der Waals surface area contributed by atoms with Crippen molar-refractivity contribution in [2.75, 3.05) is 29.9 Å². The molecule has 0 radical (unpaired) electrons. The molecule has 2 N–H and O–H groups in total. The number of rotatable bonds is 7. The van der Waals surface area contributed by atoms with Gasteiger partial charge in [0, 0.05) is 28.9 Å². The SMILES string of the molecule is CCCNCCN(C(=O)Nc1ccc(F)c(Cl)c1)c1ccc2c(c1)Cc1cc(Br)ccc1-2. The van der Waals surface area contributed by atoms with E-state index in [-0.39, 0.29) is 11.1 Å². The molecule has 3 aromatic carbocycles. The van der Waals surface area contributed by atoms with Crippen molar-refractivity contribution in [3.8, 4) is 11.1 Å². The molecule has 2 amide bonds. The van der Waals surface area contributed by atoms with Gasteiger partial charge in [0.25, 0.3) is 0 Å². The normalized spacial score (nSPS) is 11.8. The van der Waals surface area contributed by atoms with E-state index in [4.69, 9.17) is 11.6 Å². The number of halogens is 3. The third-order valence-electron chi connectivity index (χ3n) is 5.49. The predicted molar refractivity (Wildman–Crippen MR) is 133 cm³/mol. The molecule has 1 aliphatic carbocycles. The van der Waals surface area contributed by atoms with Crippen molar-refractivity contribution in [2.24, 2.45) is 0 Å². The molecule has 0 aliphatic heterocycles. The zero-order chi connectivity index (χ0) is 22.7. The van der Waals surface area contributed by atoms with Gasteiger partial charge in [0.2, 0.25) is 0 Å². The third-order valence-corrected chi connectivity index (χ3v) is 6.28.